The molecule has 0 aliphatic carbocycles. The van der Waals surface area contributed by atoms with Gasteiger partial charge < -0.3 is 19.3 Å². The summed E-state index contributed by atoms with van der Waals surface area (Å²) < 4.78 is 75.1. The van der Waals surface area contributed by atoms with Gasteiger partial charge in [-0.15, -0.1) is 25.6 Å². The van der Waals surface area contributed by atoms with Gasteiger partial charge in [0.15, 0.2) is 5.75 Å². The molecule has 1 N–H and O–H groups in total. The summed E-state index contributed by atoms with van der Waals surface area (Å²) in [7, 11) is -0.686. The molecule has 1 saturated heterocycles. The number of nitrogens with zero attached hydrogens (tertiary/aromatic N) is 2. The van der Waals surface area contributed by atoms with Crippen molar-refractivity contribution in [1.82, 2.24) is 4.90 Å². The van der Waals surface area contributed by atoms with Crippen LogP contribution in [0.15, 0.2) is 47.4 Å². The molecule has 2 aromatic rings. The summed E-state index contributed by atoms with van der Waals surface area (Å²) in [4.78, 5) is 4.07. The van der Waals surface area contributed by atoms with Crippen molar-refractivity contribution >= 4 is 33.8 Å². The predicted octanol–water partition coefficient (Wildman–Crippen LogP) is 3.57. The number of alkyl halides is 3. The minimum Gasteiger partial charge on any atom is -0.495 e. The molecule has 1 aliphatic heterocycles. The Hall–Kier alpha value is -2.37. The monoisotopic (exact) mass is 481 g/mol. The van der Waals surface area contributed by atoms with E-state index in [0.717, 1.165) is 19.2 Å². The molecule has 1 aliphatic rings. The highest BCUT2D eigenvalue weighted by molar-refractivity contribution is 7.92. The van der Waals surface area contributed by atoms with Crippen LogP contribution in [0.5, 0.6) is 11.5 Å². The first-order chi connectivity index (χ1) is 14.1. The van der Waals surface area contributed by atoms with Crippen LogP contribution in [0.2, 0.25) is 0 Å². The fourth-order valence-electron chi connectivity index (χ4n) is 3.10. The van der Waals surface area contributed by atoms with E-state index in [0.29, 0.717) is 24.5 Å². The Morgan fingerprint density at radius 3 is 2.26 bits per heavy atom. The lowest BCUT2D eigenvalue weighted by Crippen LogP contribution is -2.44. The van der Waals surface area contributed by atoms with Gasteiger partial charge in [-0.05, 0) is 37.4 Å². The summed E-state index contributed by atoms with van der Waals surface area (Å²) >= 11 is 0. The molecule has 1 fully saturated rings. The molecule has 3 rings (SSSR count). The highest BCUT2D eigenvalue weighted by Gasteiger charge is 2.32. The van der Waals surface area contributed by atoms with Gasteiger partial charge in [-0.1, -0.05) is 12.1 Å². The Kier molecular flexibility index (Phi) is 7.90. The van der Waals surface area contributed by atoms with E-state index in [2.05, 4.69) is 14.4 Å². The fourth-order valence-corrected chi connectivity index (χ4v) is 4.19. The Labute approximate surface area is 185 Å². The topological polar surface area (TPSA) is 71.1 Å². The highest BCUT2D eigenvalue weighted by Crippen LogP contribution is 2.34. The second-order valence-corrected chi connectivity index (χ2v) is 8.46. The normalized spacial score (nSPS) is 15.2. The zero-order chi connectivity index (χ0) is 21.9. The van der Waals surface area contributed by atoms with E-state index in [-0.39, 0.29) is 23.0 Å². The number of halogens is 4. The van der Waals surface area contributed by atoms with Crippen LogP contribution in [-0.2, 0) is 10.0 Å². The number of nitrogens with one attached hydrogen (secondary N) is 1. The number of methoxy groups -OCH3 is 1. The first-order valence-corrected chi connectivity index (χ1v) is 10.6. The van der Waals surface area contributed by atoms with Crippen LogP contribution < -0.4 is 19.1 Å². The third kappa shape index (κ3) is 6.31. The van der Waals surface area contributed by atoms with E-state index in [1.807, 2.05) is 11.9 Å². The van der Waals surface area contributed by atoms with Gasteiger partial charge in [0.25, 0.3) is 10.0 Å². The number of hydrogen-bond donors (Lipinski definition) is 1. The molecule has 0 unspecified atom stereocenters. The van der Waals surface area contributed by atoms with Crippen molar-refractivity contribution in [2.24, 2.45) is 0 Å². The summed E-state index contributed by atoms with van der Waals surface area (Å²) in [6.45, 7) is 2.99. The van der Waals surface area contributed by atoms with E-state index in [1.54, 1.807) is 0 Å². The zero-order valence-electron chi connectivity index (χ0n) is 16.8. The van der Waals surface area contributed by atoms with Crippen LogP contribution >= 0.6 is 12.4 Å². The number of rotatable bonds is 6. The molecule has 0 radical (unpaired) electrons. The maximum absolute atomic E-state index is 12.9. The second kappa shape index (κ2) is 9.84. The predicted molar refractivity (Wildman–Crippen MR) is 114 cm³/mol. The highest BCUT2D eigenvalue weighted by atomic mass is 35.5. The average molecular weight is 482 g/mol. The number of benzene rings is 2. The van der Waals surface area contributed by atoms with Gasteiger partial charge in [0.1, 0.15) is 5.75 Å². The van der Waals surface area contributed by atoms with Crippen molar-refractivity contribution in [3.05, 3.63) is 42.5 Å². The van der Waals surface area contributed by atoms with Crippen LogP contribution in [0.1, 0.15) is 0 Å². The van der Waals surface area contributed by atoms with E-state index >= 15 is 0 Å². The number of anilines is 2. The molecule has 0 bridgehead atoms. The number of sulfonamides is 1. The van der Waals surface area contributed by atoms with Gasteiger partial charge in [0.2, 0.25) is 0 Å². The van der Waals surface area contributed by atoms with Gasteiger partial charge in [0.05, 0.1) is 23.4 Å². The van der Waals surface area contributed by atoms with Gasteiger partial charge in [-0.3, -0.25) is 4.72 Å². The third-order valence-corrected chi connectivity index (χ3v) is 6.02. The van der Waals surface area contributed by atoms with Crippen LogP contribution in [0, 0.1) is 0 Å². The number of para-hydroxylation sites is 2. The molecule has 2 aromatic carbocycles. The summed E-state index contributed by atoms with van der Waals surface area (Å²) in [5.41, 5.74) is 0.292. The Bertz CT molecular complexity index is 997. The van der Waals surface area contributed by atoms with E-state index in [9.17, 15) is 21.6 Å². The van der Waals surface area contributed by atoms with Crippen LogP contribution in [0.4, 0.5) is 24.5 Å². The van der Waals surface area contributed by atoms with Gasteiger partial charge in [-0.25, -0.2) is 8.42 Å². The number of hydrogen-bond acceptors (Lipinski definition) is 6. The molecule has 31 heavy (non-hydrogen) atoms. The van der Waals surface area contributed by atoms with Gasteiger partial charge in [-0.2, -0.15) is 0 Å². The standard InChI is InChI=1S/C19H22F3N3O4S.ClH/c1-24-9-11-25(12-10-24)16-13-14(7-8-18(16)28-2)30(26,27)23-15-5-3-4-6-17(15)29-19(20,21)22;/h3-8,13,23H,9-12H2,1-2H3;1H. The Morgan fingerprint density at radius 1 is 1.00 bits per heavy atom. The lowest BCUT2D eigenvalue weighted by Gasteiger charge is -2.34. The largest absolute Gasteiger partial charge is 0.573 e. The summed E-state index contributed by atoms with van der Waals surface area (Å²) in [5.74, 6) is -0.124. The van der Waals surface area contributed by atoms with Crippen molar-refractivity contribution in [2.75, 3.05) is 50.0 Å². The fraction of sp³-hybridized carbons (Fsp3) is 0.368. The van der Waals surface area contributed by atoms with Crippen LogP contribution in [0.3, 0.4) is 0 Å². The molecular weight excluding hydrogens is 459 g/mol. The first-order valence-electron chi connectivity index (χ1n) is 9.08. The van der Waals surface area contributed by atoms with Crippen LogP contribution in [-0.4, -0.2) is 60.0 Å². The average Bonchev–Trinajstić information content (AvgIpc) is 2.68. The lowest BCUT2D eigenvalue weighted by atomic mass is 10.2. The number of piperazine rings is 1. The Balaban J connectivity index is 0.00000341. The van der Waals surface area contributed by atoms with Crippen LogP contribution in [0.25, 0.3) is 0 Å². The number of likely N-dealkylation sites (N-methyl/N-ethyl adjacent to an activating group) is 1. The quantitative estimate of drug-likeness (QED) is 0.680. The van der Waals surface area contributed by atoms with Crippen molar-refractivity contribution in [3.8, 4) is 11.5 Å². The second-order valence-electron chi connectivity index (χ2n) is 6.77. The van der Waals surface area contributed by atoms with Crippen molar-refractivity contribution < 1.29 is 31.1 Å². The lowest BCUT2D eigenvalue weighted by molar-refractivity contribution is -0.274. The van der Waals surface area contributed by atoms with Gasteiger partial charge >= 0.3 is 6.36 Å². The summed E-state index contributed by atoms with van der Waals surface area (Å²) in [5, 5.41) is 0. The van der Waals surface area contributed by atoms with Crippen molar-refractivity contribution in [1.29, 1.82) is 0 Å². The molecule has 12 heteroatoms. The molecule has 0 amide bonds. The Morgan fingerprint density at radius 2 is 1.65 bits per heavy atom. The van der Waals surface area contributed by atoms with Gasteiger partial charge in [0, 0.05) is 26.2 Å². The van der Waals surface area contributed by atoms with E-state index in [4.69, 9.17) is 4.74 Å². The molecule has 0 spiro atoms. The molecule has 7 nitrogen and oxygen atoms in total. The molecule has 0 aromatic heterocycles. The smallest absolute Gasteiger partial charge is 0.495 e. The SMILES string of the molecule is COc1ccc(S(=O)(=O)Nc2ccccc2OC(F)(F)F)cc1N1CCN(C)CC1.Cl. The molecule has 172 valence electrons. The molecule has 0 saturated carbocycles. The zero-order valence-corrected chi connectivity index (χ0v) is 18.5. The minimum atomic E-state index is -4.95. The van der Waals surface area contributed by atoms with E-state index < -0.39 is 22.1 Å². The maximum Gasteiger partial charge on any atom is 0.573 e. The molecule has 0 atom stereocenters. The summed E-state index contributed by atoms with van der Waals surface area (Å²) in [6, 6.07) is 9.29. The molecular formula is C19H23ClF3N3O4S. The maximum atomic E-state index is 12.9. The number of ether oxygens (including phenoxy) is 2. The van der Waals surface area contributed by atoms with E-state index in [1.165, 1.54) is 43.5 Å². The van der Waals surface area contributed by atoms with Crippen molar-refractivity contribution in [3.63, 3.8) is 0 Å². The third-order valence-electron chi connectivity index (χ3n) is 4.66. The first kappa shape index (κ1) is 24.9. The summed E-state index contributed by atoms with van der Waals surface area (Å²) in [6.07, 6.45) is -4.95. The van der Waals surface area contributed by atoms with Crippen molar-refractivity contribution in [2.45, 2.75) is 11.3 Å². The minimum absolute atomic E-state index is 0. The molecule has 1 heterocycles.